The standard InChI is InChI=1S/C15H16N2O3/c1-19-11-15(18)17-12-6-4-7-14(9-12)20-10-13-5-2-3-8-16-13/h2-9H,10-11H2,1H3,(H,17,18). The van der Waals surface area contributed by atoms with Gasteiger partial charge in [-0.05, 0) is 24.3 Å². The molecule has 1 amide bonds. The topological polar surface area (TPSA) is 60.5 Å². The van der Waals surface area contributed by atoms with Gasteiger partial charge in [0.1, 0.15) is 19.0 Å². The molecular formula is C15H16N2O3. The van der Waals surface area contributed by atoms with Gasteiger partial charge in [-0.25, -0.2) is 0 Å². The molecule has 104 valence electrons. The Hall–Kier alpha value is -2.40. The molecule has 0 aliphatic heterocycles. The summed E-state index contributed by atoms with van der Waals surface area (Å²) < 4.78 is 10.4. The first-order chi connectivity index (χ1) is 9.78. The highest BCUT2D eigenvalue weighted by Gasteiger charge is 2.03. The SMILES string of the molecule is COCC(=O)Nc1cccc(OCc2ccccn2)c1. The number of methoxy groups -OCH3 is 1. The first kappa shape index (κ1) is 14.0. The molecule has 0 saturated carbocycles. The summed E-state index contributed by atoms with van der Waals surface area (Å²) in [5.41, 5.74) is 1.52. The summed E-state index contributed by atoms with van der Waals surface area (Å²) in [5.74, 6) is 0.472. The van der Waals surface area contributed by atoms with E-state index in [2.05, 4.69) is 10.3 Å². The Balaban J connectivity index is 1.94. The average molecular weight is 272 g/mol. The molecule has 5 heteroatoms. The van der Waals surface area contributed by atoms with Crippen LogP contribution in [0.5, 0.6) is 5.75 Å². The van der Waals surface area contributed by atoms with Crippen LogP contribution in [0.25, 0.3) is 0 Å². The number of pyridine rings is 1. The van der Waals surface area contributed by atoms with Gasteiger partial charge in [-0.15, -0.1) is 0 Å². The van der Waals surface area contributed by atoms with Crippen LogP contribution in [0.15, 0.2) is 48.7 Å². The summed E-state index contributed by atoms with van der Waals surface area (Å²) in [5, 5.41) is 2.72. The van der Waals surface area contributed by atoms with Crippen molar-refractivity contribution in [2.45, 2.75) is 6.61 Å². The quantitative estimate of drug-likeness (QED) is 0.876. The molecule has 0 aliphatic carbocycles. The number of ether oxygens (including phenoxy) is 2. The molecule has 5 nitrogen and oxygen atoms in total. The second kappa shape index (κ2) is 7.25. The van der Waals surface area contributed by atoms with Crippen LogP contribution in [0, 0.1) is 0 Å². The molecule has 0 aliphatic rings. The molecule has 1 aromatic carbocycles. The van der Waals surface area contributed by atoms with E-state index in [0.717, 1.165) is 5.69 Å². The predicted octanol–water partition coefficient (Wildman–Crippen LogP) is 2.25. The molecule has 2 aromatic rings. The van der Waals surface area contributed by atoms with Crippen LogP contribution in [0.2, 0.25) is 0 Å². The molecular weight excluding hydrogens is 256 g/mol. The van der Waals surface area contributed by atoms with Crippen molar-refractivity contribution in [1.29, 1.82) is 0 Å². The van der Waals surface area contributed by atoms with Crippen LogP contribution in [0.3, 0.4) is 0 Å². The number of carbonyl (C=O) groups is 1. The van der Waals surface area contributed by atoms with Gasteiger partial charge in [0, 0.05) is 25.1 Å². The predicted molar refractivity (Wildman–Crippen MR) is 75.5 cm³/mol. The van der Waals surface area contributed by atoms with Gasteiger partial charge in [-0.2, -0.15) is 0 Å². The first-order valence-electron chi connectivity index (χ1n) is 6.19. The van der Waals surface area contributed by atoms with Crippen molar-refractivity contribution in [1.82, 2.24) is 4.98 Å². The number of hydrogen-bond acceptors (Lipinski definition) is 4. The lowest BCUT2D eigenvalue weighted by Crippen LogP contribution is -2.17. The zero-order chi connectivity index (χ0) is 14.2. The second-order valence-electron chi connectivity index (χ2n) is 4.12. The fourth-order valence-electron chi connectivity index (χ4n) is 1.63. The minimum absolute atomic E-state index is 0.0268. The highest BCUT2D eigenvalue weighted by Crippen LogP contribution is 2.18. The summed E-state index contributed by atoms with van der Waals surface area (Å²) in [6, 6.07) is 12.9. The molecule has 0 atom stereocenters. The molecule has 20 heavy (non-hydrogen) atoms. The van der Waals surface area contributed by atoms with Crippen molar-refractivity contribution >= 4 is 11.6 Å². The summed E-state index contributed by atoms with van der Waals surface area (Å²) in [6.45, 7) is 0.412. The van der Waals surface area contributed by atoms with Gasteiger partial charge in [0.15, 0.2) is 0 Å². The minimum atomic E-state index is -0.200. The van der Waals surface area contributed by atoms with Gasteiger partial charge in [0.05, 0.1) is 5.69 Å². The van der Waals surface area contributed by atoms with Gasteiger partial charge in [0.25, 0.3) is 0 Å². The van der Waals surface area contributed by atoms with Crippen molar-refractivity contribution in [3.05, 3.63) is 54.4 Å². The molecule has 0 radical (unpaired) electrons. The lowest BCUT2D eigenvalue weighted by molar-refractivity contribution is -0.119. The summed E-state index contributed by atoms with van der Waals surface area (Å²) >= 11 is 0. The number of anilines is 1. The van der Waals surface area contributed by atoms with E-state index in [1.165, 1.54) is 7.11 Å². The number of hydrogen-bond donors (Lipinski definition) is 1. The molecule has 1 N–H and O–H groups in total. The van der Waals surface area contributed by atoms with Crippen LogP contribution in [-0.2, 0) is 16.1 Å². The van der Waals surface area contributed by atoms with E-state index in [4.69, 9.17) is 9.47 Å². The Kier molecular flexibility index (Phi) is 5.08. The number of nitrogens with one attached hydrogen (secondary N) is 1. The van der Waals surface area contributed by atoms with Crippen molar-refractivity contribution in [2.24, 2.45) is 0 Å². The summed E-state index contributed by atoms with van der Waals surface area (Å²) in [6.07, 6.45) is 1.72. The van der Waals surface area contributed by atoms with E-state index < -0.39 is 0 Å². The molecule has 1 heterocycles. The zero-order valence-electron chi connectivity index (χ0n) is 11.2. The molecule has 2 rings (SSSR count). The normalized spacial score (nSPS) is 10.1. The Labute approximate surface area is 117 Å². The number of nitrogens with zero attached hydrogens (tertiary/aromatic N) is 1. The maximum Gasteiger partial charge on any atom is 0.250 e. The van der Waals surface area contributed by atoms with Crippen LogP contribution in [-0.4, -0.2) is 24.6 Å². The van der Waals surface area contributed by atoms with Gasteiger partial charge in [-0.3, -0.25) is 9.78 Å². The van der Waals surface area contributed by atoms with Crippen molar-refractivity contribution in [3.8, 4) is 5.75 Å². The Morgan fingerprint density at radius 2 is 2.15 bits per heavy atom. The van der Waals surface area contributed by atoms with E-state index in [9.17, 15) is 4.79 Å². The fourth-order valence-corrected chi connectivity index (χ4v) is 1.63. The number of rotatable bonds is 6. The minimum Gasteiger partial charge on any atom is -0.487 e. The van der Waals surface area contributed by atoms with Crippen molar-refractivity contribution in [3.63, 3.8) is 0 Å². The molecule has 1 aromatic heterocycles. The number of aromatic nitrogens is 1. The average Bonchev–Trinajstić information content (AvgIpc) is 2.47. The van der Waals surface area contributed by atoms with E-state index in [1.54, 1.807) is 18.3 Å². The highest BCUT2D eigenvalue weighted by atomic mass is 16.5. The lowest BCUT2D eigenvalue weighted by atomic mass is 10.3. The first-order valence-corrected chi connectivity index (χ1v) is 6.19. The summed E-state index contributed by atoms with van der Waals surface area (Å²) in [4.78, 5) is 15.6. The molecule has 0 fully saturated rings. The van der Waals surface area contributed by atoms with Crippen molar-refractivity contribution < 1.29 is 14.3 Å². The molecule has 0 unspecified atom stereocenters. The third-order valence-electron chi connectivity index (χ3n) is 2.51. The Morgan fingerprint density at radius 1 is 1.25 bits per heavy atom. The van der Waals surface area contributed by atoms with Crippen LogP contribution < -0.4 is 10.1 Å². The maximum absolute atomic E-state index is 11.4. The van der Waals surface area contributed by atoms with E-state index in [1.807, 2.05) is 30.3 Å². The van der Waals surface area contributed by atoms with E-state index >= 15 is 0 Å². The third kappa shape index (κ3) is 4.37. The third-order valence-corrected chi connectivity index (χ3v) is 2.51. The van der Waals surface area contributed by atoms with Gasteiger partial charge in [-0.1, -0.05) is 12.1 Å². The van der Waals surface area contributed by atoms with Gasteiger partial charge < -0.3 is 14.8 Å². The summed E-state index contributed by atoms with van der Waals surface area (Å²) in [7, 11) is 1.48. The number of benzene rings is 1. The number of amides is 1. The smallest absolute Gasteiger partial charge is 0.250 e. The molecule has 0 saturated heterocycles. The van der Waals surface area contributed by atoms with Crippen LogP contribution in [0.1, 0.15) is 5.69 Å². The lowest BCUT2D eigenvalue weighted by Gasteiger charge is -2.08. The largest absolute Gasteiger partial charge is 0.487 e. The van der Waals surface area contributed by atoms with E-state index in [-0.39, 0.29) is 12.5 Å². The second-order valence-corrected chi connectivity index (χ2v) is 4.12. The molecule has 0 bridgehead atoms. The number of carbonyl (C=O) groups excluding carboxylic acids is 1. The van der Waals surface area contributed by atoms with Gasteiger partial charge in [0.2, 0.25) is 5.91 Å². The van der Waals surface area contributed by atoms with Crippen LogP contribution in [0.4, 0.5) is 5.69 Å². The fraction of sp³-hybridized carbons (Fsp3) is 0.200. The van der Waals surface area contributed by atoms with E-state index in [0.29, 0.717) is 18.0 Å². The molecule has 0 spiro atoms. The monoisotopic (exact) mass is 272 g/mol. The van der Waals surface area contributed by atoms with Crippen LogP contribution >= 0.6 is 0 Å². The Bertz CT molecular complexity index is 558. The zero-order valence-corrected chi connectivity index (χ0v) is 11.2. The Morgan fingerprint density at radius 3 is 2.90 bits per heavy atom. The maximum atomic E-state index is 11.4. The highest BCUT2D eigenvalue weighted by molar-refractivity contribution is 5.91. The van der Waals surface area contributed by atoms with Crippen molar-refractivity contribution in [2.75, 3.05) is 19.0 Å². The van der Waals surface area contributed by atoms with Gasteiger partial charge >= 0.3 is 0 Å².